The number of nitrogens with zero attached hydrogens (tertiary/aromatic N) is 4. The number of hydrogen-bond donors (Lipinski definition) is 4. The van der Waals surface area contributed by atoms with E-state index in [1.807, 2.05) is 25.1 Å². The SMILES string of the molecule is Cc1cnc(Nc2ccc(N3CCNCC3)nc2)nc1Nc1ccc2oc(=O)[nH]c2c1. The van der Waals surface area contributed by atoms with Crippen LogP contribution in [0.4, 0.5) is 29.0 Å². The van der Waals surface area contributed by atoms with Crippen molar-refractivity contribution in [3.8, 4) is 0 Å². The molecule has 31 heavy (non-hydrogen) atoms. The van der Waals surface area contributed by atoms with E-state index in [9.17, 15) is 4.79 Å². The third kappa shape index (κ3) is 4.19. The van der Waals surface area contributed by atoms with E-state index in [4.69, 9.17) is 4.42 Å². The van der Waals surface area contributed by atoms with Crippen LogP contribution in [-0.4, -0.2) is 46.1 Å². The van der Waals surface area contributed by atoms with Crippen LogP contribution in [0.2, 0.25) is 0 Å². The van der Waals surface area contributed by atoms with Gasteiger partial charge in [-0.25, -0.2) is 14.8 Å². The molecule has 0 amide bonds. The summed E-state index contributed by atoms with van der Waals surface area (Å²) in [5.74, 6) is 1.61. The van der Waals surface area contributed by atoms with Crippen molar-refractivity contribution >= 4 is 40.1 Å². The van der Waals surface area contributed by atoms with Crippen LogP contribution in [0.3, 0.4) is 0 Å². The first-order chi connectivity index (χ1) is 15.1. The summed E-state index contributed by atoms with van der Waals surface area (Å²) in [7, 11) is 0. The summed E-state index contributed by atoms with van der Waals surface area (Å²) in [6.45, 7) is 5.77. The van der Waals surface area contributed by atoms with Crippen LogP contribution < -0.4 is 26.6 Å². The number of rotatable bonds is 5. The van der Waals surface area contributed by atoms with E-state index in [1.165, 1.54) is 0 Å². The zero-order valence-corrected chi connectivity index (χ0v) is 17.0. The molecule has 1 aliphatic heterocycles. The van der Waals surface area contributed by atoms with Crippen molar-refractivity contribution in [1.82, 2.24) is 25.3 Å². The Morgan fingerprint density at radius 3 is 2.68 bits per heavy atom. The van der Waals surface area contributed by atoms with Crippen LogP contribution in [0.5, 0.6) is 0 Å². The fourth-order valence-corrected chi connectivity index (χ4v) is 3.47. The molecular formula is C21H22N8O2. The molecule has 4 aromatic rings. The number of aromatic nitrogens is 4. The predicted molar refractivity (Wildman–Crippen MR) is 119 cm³/mol. The van der Waals surface area contributed by atoms with Crippen LogP contribution in [0.1, 0.15) is 5.56 Å². The van der Waals surface area contributed by atoms with Crippen molar-refractivity contribution in [2.24, 2.45) is 0 Å². The number of hydrogen-bond acceptors (Lipinski definition) is 9. The minimum atomic E-state index is -0.478. The molecule has 10 heteroatoms. The first-order valence-corrected chi connectivity index (χ1v) is 10.1. The van der Waals surface area contributed by atoms with Crippen LogP contribution in [0.15, 0.2) is 51.9 Å². The first-order valence-electron chi connectivity index (χ1n) is 10.1. The summed E-state index contributed by atoms with van der Waals surface area (Å²) >= 11 is 0. The largest absolute Gasteiger partial charge is 0.417 e. The molecule has 0 aliphatic carbocycles. The van der Waals surface area contributed by atoms with Gasteiger partial charge >= 0.3 is 5.76 Å². The Hall–Kier alpha value is -3.92. The molecule has 0 unspecified atom stereocenters. The molecule has 10 nitrogen and oxygen atoms in total. The molecule has 1 fully saturated rings. The normalized spacial score (nSPS) is 14.0. The molecule has 1 aromatic carbocycles. The molecule has 158 valence electrons. The Balaban J connectivity index is 1.32. The summed E-state index contributed by atoms with van der Waals surface area (Å²) in [5, 5.41) is 9.81. The minimum absolute atomic E-state index is 0.461. The monoisotopic (exact) mass is 418 g/mol. The van der Waals surface area contributed by atoms with Gasteiger partial charge in [0.15, 0.2) is 5.58 Å². The van der Waals surface area contributed by atoms with Gasteiger partial charge in [-0.3, -0.25) is 4.98 Å². The van der Waals surface area contributed by atoms with Gasteiger partial charge in [0.25, 0.3) is 0 Å². The van der Waals surface area contributed by atoms with E-state index in [-0.39, 0.29) is 0 Å². The van der Waals surface area contributed by atoms with Crippen molar-refractivity contribution in [2.75, 3.05) is 41.7 Å². The van der Waals surface area contributed by atoms with E-state index < -0.39 is 5.76 Å². The zero-order valence-electron chi connectivity index (χ0n) is 17.0. The van der Waals surface area contributed by atoms with Gasteiger partial charge in [0.2, 0.25) is 5.95 Å². The molecule has 0 bridgehead atoms. The molecule has 5 rings (SSSR count). The predicted octanol–water partition coefficient (Wildman–Crippen LogP) is 2.51. The first kappa shape index (κ1) is 19.1. The number of aryl methyl sites for hydroxylation is 1. The Kier molecular flexibility index (Phi) is 4.97. The van der Waals surface area contributed by atoms with Gasteiger partial charge in [-0.2, -0.15) is 4.98 Å². The van der Waals surface area contributed by atoms with Gasteiger partial charge < -0.3 is 25.3 Å². The Morgan fingerprint density at radius 1 is 1.03 bits per heavy atom. The van der Waals surface area contributed by atoms with E-state index >= 15 is 0 Å². The molecular weight excluding hydrogens is 396 g/mol. The number of fused-ring (bicyclic) bond motifs is 1. The second-order valence-corrected chi connectivity index (χ2v) is 7.34. The maximum absolute atomic E-state index is 11.4. The molecule has 0 spiro atoms. The average molecular weight is 418 g/mol. The van der Waals surface area contributed by atoms with E-state index in [0.717, 1.165) is 48.9 Å². The highest BCUT2D eigenvalue weighted by Crippen LogP contribution is 2.23. The van der Waals surface area contributed by atoms with Gasteiger partial charge in [0.1, 0.15) is 11.6 Å². The molecule has 4 N–H and O–H groups in total. The fraction of sp³-hybridized carbons (Fsp3) is 0.238. The summed E-state index contributed by atoms with van der Waals surface area (Å²) in [4.78, 5) is 29.8. The Labute approximate surface area is 177 Å². The van der Waals surface area contributed by atoms with Crippen LogP contribution >= 0.6 is 0 Å². The van der Waals surface area contributed by atoms with Gasteiger partial charge in [-0.05, 0) is 37.3 Å². The topological polar surface area (TPSA) is 124 Å². The lowest BCUT2D eigenvalue weighted by Gasteiger charge is -2.28. The third-order valence-electron chi connectivity index (χ3n) is 5.10. The maximum atomic E-state index is 11.4. The van der Waals surface area contributed by atoms with Crippen LogP contribution in [0.25, 0.3) is 11.1 Å². The second-order valence-electron chi connectivity index (χ2n) is 7.34. The maximum Gasteiger partial charge on any atom is 0.417 e. The van der Waals surface area contributed by atoms with Crippen molar-refractivity contribution in [3.05, 3.63) is 58.8 Å². The van der Waals surface area contributed by atoms with Crippen molar-refractivity contribution < 1.29 is 4.42 Å². The lowest BCUT2D eigenvalue weighted by Crippen LogP contribution is -2.43. The Bertz CT molecular complexity index is 1260. The highest BCUT2D eigenvalue weighted by molar-refractivity contribution is 5.78. The summed E-state index contributed by atoms with van der Waals surface area (Å²) in [6.07, 6.45) is 3.54. The molecule has 3 aromatic heterocycles. The minimum Gasteiger partial charge on any atom is -0.408 e. The quantitative estimate of drug-likeness (QED) is 0.387. The number of benzene rings is 1. The second kappa shape index (κ2) is 8.07. The van der Waals surface area contributed by atoms with Gasteiger partial charge in [0.05, 0.1) is 17.4 Å². The standard InChI is InChI=1S/C21H22N8O2/c1-13-11-24-20(26-15-3-5-18(23-12-15)29-8-6-22-7-9-29)28-19(13)25-14-2-4-17-16(10-14)27-21(30)31-17/h2-5,10-12,22H,6-9H2,1H3,(H,27,30)(H2,24,25,26,28). The van der Waals surface area contributed by atoms with Crippen molar-refractivity contribution in [3.63, 3.8) is 0 Å². The number of anilines is 5. The van der Waals surface area contributed by atoms with Crippen LogP contribution in [-0.2, 0) is 0 Å². The van der Waals surface area contributed by atoms with E-state index in [1.54, 1.807) is 24.5 Å². The molecule has 1 aliphatic rings. The highest BCUT2D eigenvalue weighted by atomic mass is 16.4. The molecule has 4 heterocycles. The third-order valence-corrected chi connectivity index (χ3v) is 5.10. The van der Waals surface area contributed by atoms with Gasteiger partial charge in [-0.15, -0.1) is 0 Å². The van der Waals surface area contributed by atoms with E-state index in [0.29, 0.717) is 22.9 Å². The number of pyridine rings is 1. The fourth-order valence-electron chi connectivity index (χ4n) is 3.47. The highest BCUT2D eigenvalue weighted by Gasteiger charge is 2.12. The van der Waals surface area contributed by atoms with Crippen molar-refractivity contribution in [1.29, 1.82) is 0 Å². The van der Waals surface area contributed by atoms with Gasteiger partial charge in [0, 0.05) is 43.6 Å². The summed E-state index contributed by atoms with van der Waals surface area (Å²) in [5.41, 5.74) is 3.61. The molecule has 0 saturated carbocycles. The molecule has 1 saturated heterocycles. The van der Waals surface area contributed by atoms with Crippen molar-refractivity contribution in [2.45, 2.75) is 6.92 Å². The average Bonchev–Trinajstić information content (AvgIpc) is 3.16. The lowest BCUT2D eigenvalue weighted by atomic mass is 10.2. The number of piperazine rings is 1. The van der Waals surface area contributed by atoms with Crippen LogP contribution in [0, 0.1) is 6.92 Å². The number of oxazole rings is 1. The number of H-pyrrole nitrogens is 1. The lowest BCUT2D eigenvalue weighted by molar-refractivity contribution is 0.555. The summed E-state index contributed by atoms with van der Waals surface area (Å²) in [6, 6.07) is 9.34. The summed E-state index contributed by atoms with van der Waals surface area (Å²) < 4.78 is 5.04. The molecule has 0 radical (unpaired) electrons. The molecule has 0 atom stereocenters. The Morgan fingerprint density at radius 2 is 1.87 bits per heavy atom. The van der Waals surface area contributed by atoms with E-state index in [2.05, 4.69) is 40.8 Å². The van der Waals surface area contributed by atoms with Gasteiger partial charge in [-0.1, -0.05) is 0 Å². The zero-order chi connectivity index (χ0) is 21.2. The number of aromatic amines is 1. The smallest absolute Gasteiger partial charge is 0.408 e. The number of nitrogens with one attached hydrogen (secondary N) is 4.